The quantitative estimate of drug-likeness (QED) is 0.471. The fraction of sp³-hybridized carbons (Fsp3) is 0.571. The maximum Gasteiger partial charge on any atom is 0.129 e. The normalized spacial score (nSPS) is 26.6. The van der Waals surface area contributed by atoms with Gasteiger partial charge in [-0.05, 0) is 97.9 Å². The van der Waals surface area contributed by atoms with Crippen LogP contribution in [0.25, 0.3) is 11.1 Å². The Hall–Kier alpha value is -1.70. The summed E-state index contributed by atoms with van der Waals surface area (Å²) in [6.07, 6.45) is 11.0. The lowest BCUT2D eigenvalue weighted by molar-refractivity contribution is 0.165. The molecule has 0 N–H and O–H groups in total. The van der Waals surface area contributed by atoms with Crippen LogP contribution in [0.5, 0.6) is 0 Å². The standard InChI is InChI=1S/C26H32F2.C2H6/c1-17-3-5-19(6-4-17)20-7-9-21(10-8-20)22-11-13-23(14-12-22)24-15-25(27)18(2)26(28)16-24;1-2/h11-17,19-21H,3-10H2,1-2H3;1-2H3. The van der Waals surface area contributed by atoms with Gasteiger partial charge >= 0.3 is 0 Å². The smallest absolute Gasteiger partial charge is 0.129 e. The summed E-state index contributed by atoms with van der Waals surface area (Å²) in [5, 5.41) is 0. The van der Waals surface area contributed by atoms with Gasteiger partial charge < -0.3 is 0 Å². The average molecular weight is 413 g/mol. The molecule has 0 radical (unpaired) electrons. The molecule has 4 rings (SSSR count). The van der Waals surface area contributed by atoms with Gasteiger partial charge in [0.05, 0.1) is 0 Å². The van der Waals surface area contributed by atoms with Crippen molar-refractivity contribution in [3.05, 3.63) is 59.2 Å². The number of hydrogen-bond acceptors (Lipinski definition) is 0. The fourth-order valence-corrected chi connectivity index (χ4v) is 5.44. The summed E-state index contributed by atoms with van der Waals surface area (Å²) >= 11 is 0. The van der Waals surface area contributed by atoms with Gasteiger partial charge in [0.15, 0.2) is 0 Å². The maximum atomic E-state index is 13.9. The summed E-state index contributed by atoms with van der Waals surface area (Å²) in [7, 11) is 0. The minimum absolute atomic E-state index is 0.0875. The van der Waals surface area contributed by atoms with Crippen molar-refractivity contribution in [2.75, 3.05) is 0 Å². The first-order valence-corrected chi connectivity index (χ1v) is 12.1. The van der Waals surface area contributed by atoms with Crippen molar-refractivity contribution in [3.8, 4) is 11.1 Å². The van der Waals surface area contributed by atoms with Gasteiger partial charge in [0.25, 0.3) is 0 Å². The van der Waals surface area contributed by atoms with Gasteiger partial charge in [-0.3, -0.25) is 0 Å². The molecule has 30 heavy (non-hydrogen) atoms. The second-order valence-electron chi connectivity index (χ2n) is 9.32. The van der Waals surface area contributed by atoms with Crippen LogP contribution in [0.1, 0.15) is 89.2 Å². The van der Waals surface area contributed by atoms with E-state index in [0.717, 1.165) is 23.3 Å². The van der Waals surface area contributed by atoms with Crippen molar-refractivity contribution >= 4 is 0 Å². The molecule has 0 spiro atoms. The number of rotatable bonds is 3. The summed E-state index contributed by atoms with van der Waals surface area (Å²) in [6, 6.07) is 11.2. The van der Waals surface area contributed by atoms with Crippen LogP contribution in [0, 0.1) is 36.3 Å². The zero-order valence-corrected chi connectivity index (χ0v) is 19.2. The fourth-order valence-electron chi connectivity index (χ4n) is 5.44. The second-order valence-corrected chi connectivity index (χ2v) is 9.32. The van der Waals surface area contributed by atoms with Gasteiger partial charge in [0.1, 0.15) is 11.6 Å². The van der Waals surface area contributed by atoms with Crippen molar-refractivity contribution in [2.45, 2.75) is 85.0 Å². The van der Waals surface area contributed by atoms with Crippen LogP contribution in [0.2, 0.25) is 0 Å². The van der Waals surface area contributed by atoms with E-state index in [1.807, 2.05) is 26.0 Å². The minimum atomic E-state index is -0.477. The van der Waals surface area contributed by atoms with Gasteiger partial charge in [-0.15, -0.1) is 0 Å². The molecule has 0 unspecified atom stereocenters. The first-order chi connectivity index (χ1) is 14.5. The third-order valence-corrected chi connectivity index (χ3v) is 7.50. The summed E-state index contributed by atoms with van der Waals surface area (Å²) in [5.41, 5.74) is 2.96. The molecule has 0 atom stereocenters. The van der Waals surface area contributed by atoms with Gasteiger partial charge in [0, 0.05) is 5.56 Å². The summed E-state index contributed by atoms with van der Waals surface area (Å²) in [4.78, 5) is 0. The first kappa shape index (κ1) is 23.0. The van der Waals surface area contributed by atoms with Crippen molar-refractivity contribution < 1.29 is 8.78 Å². The molecule has 0 aromatic heterocycles. The summed E-state index contributed by atoms with van der Waals surface area (Å²) < 4.78 is 27.7. The Morgan fingerprint density at radius 2 is 1.13 bits per heavy atom. The molecule has 2 aromatic carbocycles. The molecule has 2 aromatic rings. The Bertz CT molecular complexity index is 769. The van der Waals surface area contributed by atoms with E-state index >= 15 is 0 Å². The first-order valence-electron chi connectivity index (χ1n) is 12.1. The molecule has 2 aliphatic rings. The van der Waals surface area contributed by atoms with Gasteiger partial charge in [0.2, 0.25) is 0 Å². The molecule has 2 fully saturated rings. The minimum Gasteiger partial charge on any atom is -0.207 e. The largest absolute Gasteiger partial charge is 0.207 e. The lowest BCUT2D eigenvalue weighted by Gasteiger charge is -2.37. The molecule has 0 nitrogen and oxygen atoms in total. The predicted molar refractivity (Wildman–Crippen MR) is 124 cm³/mol. The second kappa shape index (κ2) is 10.6. The Labute approximate surface area is 182 Å². The van der Waals surface area contributed by atoms with E-state index in [2.05, 4.69) is 19.1 Å². The Morgan fingerprint density at radius 3 is 1.63 bits per heavy atom. The van der Waals surface area contributed by atoms with Crippen molar-refractivity contribution in [1.82, 2.24) is 0 Å². The van der Waals surface area contributed by atoms with E-state index in [4.69, 9.17) is 0 Å². The van der Waals surface area contributed by atoms with E-state index in [9.17, 15) is 8.78 Å². The van der Waals surface area contributed by atoms with Gasteiger partial charge in [-0.1, -0.05) is 57.9 Å². The van der Waals surface area contributed by atoms with Crippen LogP contribution in [-0.2, 0) is 0 Å². The lowest BCUT2D eigenvalue weighted by atomic mass is 9.68. The van der Waals surface area contributed by atoms with Crippen molar-refractivity contribution in [3.63, 3.8) is 0 Å². The molecule has 2 heteroatoms. The van der Waals surface area contributed by atoms with E-state index in [0.29, 0.717) is 11.5 Å². The predicted octanol–water partition coefficient (Wildman–Crippen LogP) is 9.07. The van der Waals surface area contributed by atoms with Crippen LogP contribution in [0.3, 0.4) is 0 Å². The van der Waals surface area contributed by atoms with Crippen LogP contribution < -0.4 is 0 Å². The van der Waals surface area contributed by atoms with Crippen LogP contribution in [0.4, 0.5) is 8.78 Å². The van der Waals surface area contributed by atoms with Crippen molar-refractivity contribution in [2.24, 2.45) is 17.8 Å². The molecular weight excluding hydrogens is 374 g/mol. The third-order valence-electron chi connectivity index (χ3n) is 7.50. The third kappa shape index (κ3) is 5.31. The lowest BCUT2D eigenvalue weighted by Crippen LogP contribution is -2.24. The number of benzene rings is 2. The zero-order chi connectivity index (χ0) is 21.7. The Kier molecular flexibility index (Phi) is 8.08. The van der Waals surface area contributed by atoms with E-state index in [-0.39, 0.29) is 5.56 Å². The monoisotopic (exact) mass is 412 g/mol. The molecule has 0 saturated heterocycles. The van der Waals surface area contributed by atoms with Crippen LogP contribution in [-0.4, -0.2) is 0 Å². The molecule has 2 saturated carbocycles. The van der Waals surface area contributed by atoms with E-state index < -0.39 is 11.6 Å². The number of hydrogen-bond donors (Lipinski definition) is 0. The average Bonchev–Trinajstić information content (AvgIpc) is 2.79. The van der Waals surface area contributed by atoms with Crippen molar-refractivity contribution in [1.29, 1.82) is 0 Å². The Morgan fingerprint density at radius 1 is 0.667 bits per heavy atom. The molecular formula is C28H38F2. The highest BCUT2D eigenvalue weighted by atomic mass is 19.1. The highest BCUT2D eigenvalue weighted by molar-refractivity contribution is 5.64. The SMILES string of the molecule is CC.Cc1c(F)cc(-c2ccc(C3CCC(C4CCC(C)CC4)CC3)cc2)cc1F. The van der Waals surface area contributed by atoms with E-state index in [1.54, 1.807) is 0 Å². The highest BCUT2D eigenvalue weighted by Gasteiger charge is 2.30. The number of halogens is 2. The molecule has 0 bridgehead atoms. The Balaban J connectivity index is 0.00000124. The van der Waals surface area contributed by atoms with Crippen LogP contribution in [0.15, 0.2) is 36.4 Å². The zero-order valence-electron chi connectivity index (χ0n) is 19.2. The molecule has 2 aliphatic carbocycles. The van der Waals surface area contributed by atoms with Gasteiger partial charge in [-0.2, -0.15) is 0 Å². The van der Waals surface area contributed by atoms with Crippen LogP contribution >= 0.6 is 0 Å². The molecule has 0 amide bonds. The van der Waals surface area contributed by atoms with Gasteiger partial charge in [-0.25, -0.2) is 8.78 Å². The molecule has 0 aliphatic heterocycles. The highest BCUT2D eigenvalue weighted by Crippen LogP contribution is 2.44. The maximum absolute atomic E-state index is 13.9. The van der Waals surface area contributed by atoms with E-state index in [1.165, 1.54) is 76.0 Å². The molecule has 164 valence electrons. The molecule has 0 heterocycles. The summed E-state index contributed by atoms with van der Waals surface area (Å²) in [5.74, 6) is 2.51. The topological polar surface area (TPSA) is 0 Å². The summed E-state index contributed by atoms with van der Waals surface area (Å²) in [6.45, 7) is 7.87.